The van der Waals surface area contributed by atoms with Gasteiger partial charge in [-0.15, -0.1) is 0 Å². The summed E-state index contributed by atoms with van der Waals surface area (Å²) >= 11 is 0. The third-order valence-corrected chi connectivity index (χ3v) is 5.42. The highest BCUT2D eigenvalue weighted by atomic mass is 19.3. The van der Waals surface area contributed by atoms with Crippen LogP contribution < -0.4 is 5.32 Å². The second-order valence-corrected chi connectivity index (χ2v) is 7.48. The zero-order valence-corrected chi connectivity index (χ0v) is 17.0. The van der Waals surface area contributed by atoms with Crippen molar-refractivity contribution < 1.29 is 13.5 Å². The molecule has 4 aromatic rings. The first-order chi connectivity index (χ1) is 15.0. The molecule has 31 heavy (non-hydrogen) atoms. The van der Waals surface area contributed by atoms with Gasteiger partial charge in [0.05, 0.1) is 24.2 Å². The number of hydrogen-bond acceptors (Lipinski definition) is 7. The summed E-state index contributed by atoms with van der Waals surface area (Å²) in [4.78, 5) is 13.3. The number of ether oxygens (including phenoxy) is 1. The summed E-state index contributed by atoms with van der Waals surface area (Å²) in [5, 5.41) is 12.0. The summed E-state index contributed by atoms with van der Waals surface area (Å²) in [7, 11) is 1.83. The van der Waals surface area contributed by atoms with Gasteiger partial charge < -0.3 is 10.1 Å². The smallest absolute Gasteiger partial charge is 0.323 e. The number of aromatic nitrogens is 7. The van der Waals surface area contributed by atoms with Crippen molar-refractivity contribution >= 4 is 33.9 Å². The van der Waals surface area contributed by atoms with E-state index in [1.807, 2.05) is 32.3 Å². The first-order valence-electron chi connectivity index (χ1n) is 9.87. The van der Waals surface area contributed by atoms with E-state index >= 15 is 0 Å². The van der Waals surface area contributed by atoms with Crippen LogP contribution in [0, 0.1) is 6.92 Å². The molecule has 0 bridgehead atoms. The van der Waals surface area contributed by atoms with E-state index < -0.39 is 12.7 Å². The highest BCUT2D eigenvalue weighted by Crippen LogP contribution is 2.32. The highest BCUT2D eigenvalue weighted by Gasteiger charge is 2.23. The SMILES string of the molecule is Cc1cc2ncnn2cc1Nc1ncc2c(n1)c(C1=CCC(OC(F)F)CC1)nn2C. The predicted octanol–water partition coefficient (Wildman–Crippen LogP) is 3.63. The van der Waals surface area contributed by atoms with E-state index in [0.29, 0.717) is 30.7 Å². The minimum Gasteiger partial charge on any atom is -0.323 e. The largest absolute Gasteiger partial charge is 0.345 e. The molecule has 1 atom stereocenters. The maximum atomic E-state index is 12.5. The number of allylic oxidation sites excluding steroid dienone is 1. The quantitative estimate of drug-likeness (QED) is 0.521. The molecular weight excluding hydrogens is 406 g/mol. The number of aryl methyl sites for hydroxylation is 2. The van der Waals surface area contributed by atoms with Gasteiger partial charge in [-0.25, -0.2) is 19.5 Å². The number of fused-ring (bicyclic) bond motifs is 2. The Morgan fingerprint density at radius 2 is 2.16 bits per heavy atom. The van der Waals surface area contributed by atoms with E-state index in [2.05, 4.69) is 30.2 Å². The molecule has 4 aromatic heterocycles. The maximum Gasteiger partial charge on any atom is 0.345 e. The highest BCUT2D eigenvalue weighted by molar-refractivity contribution is 5.88. The van der Waals surface area contributed by atoms with Crippen LogP contribution in [0.3, 0.4) is 0 Å². The van der Waals surface area contributed by atoms with Crippen molar-refractivity contribution in [3.8, 4) is 0 Å². The molecule has 0 radical (unpaired) electrons. The molecule has 0 aliphatic heterocycles. The number of alkyl halides is 2. The van der Waals surface area contributed by atoms with E-state index in [1.54, 1.807) is 15.4 Å². The Labute approximate surface area is 175 Å². The van der Waals surface area contributed by atoms with Crippen molar-refractivity contribution in [2.24, 2.45) is 7.05 Å². The lowest BCUT2D eigenvalue weighted by atomic mass is 9.94. The molecule has 4 heterocycles. The number of rotatable bonds is 5. The molecule has 5 rings (SSSR count). The lowest BCUT2D eigenvalue weighted by Gasteiger charge is -2.21. The van der Waals surface area contributed by atoms with E-state index in [1.165, 1.54) is 6.33 Å². The lowest BCUT2D eigenvalue weighted by Crippen LogP contribution is -2.18. The van der Waals surface area contributed by atoms with Crippen LogP contribution in [0.1, 0.15) is 30.5 Å². The number of hydrogen-bond donors (Lipinski definition) is 1. The molecule has 0 spiro atoms. The van der Waals surface area contributed by atoms with Crippen LogP contribution >= 0.6 is 0 Å². The third-order valence-electron chi connectivity index (χ3n) is 5.42. The van der Waals surface area contributed by atoms with Crippen molar-refractivity contribution in [3.05, 3.63) is 42.1 Å². The molecule has 1 N–H and O–H groups in total. The molecule has 0 amide bonds. The molecule has 0 saturated carbocycles. The molecular formula is C20H20F2N8O. The predicted molar refractivity (Wildman–Crippen MR) is 110 cm³/mol. The molecule has 11 heteroatoms. The maximum absolute atomic E-state index is 12.5. The van der Waals surface area contributed by atoms with E-state index in [9.17, 15) is 8.78 Å². The number of halogens is 2. The van der Waals surface area contributed by atoms with Crippen LogP contribution in [-0.4, -0.2) is 47.1 Å². The Morgan fingerprint density at radius 3 is 2.94 bits per heavy atom. The normalized spacial score (nSPS) is 16.9. The number of nitrogens with zero attached hydrogens (tertiary/aromatic N) is 7. The van der Waals surface area contributed by atoms with Crippen LogP contribution in [0.15, 0.2) is 30.9 Å². The molecule has 1 unspecified atom stereocenters. The summed E-state index contributed by atoms with van der Waals surface area (Å²) in [5.41, 5.74) is 5.76. The van der Waals surface area contributed by atoms with Crippen LogP contribution in [0.2, 0.25) is 0 Å². The molecule has 9 nitrogen and oxygen atoms in total. The van der Waals surface area contributed by atoms with Gasteiger partial charge in [-0.05, 0) is 43.4 Å². The molecule has 0 fully saturated rings. The minimum atomic E-state index is -2.75. The van der Waals surface area contributed by atoms with E-state index in [-0.39, 0.29) is 0 Å². The Bertz CT molecular complexity index is 1300. The third kappa shape index (κ3) is 3.72. The van der Waals surface area contributed by atoms with Crippen molar-refractivity contribution in [3.63, 3.8) is 0 Å². The Kier molecular flexibility index (Phi) is 4.81. The number of anilines is 2. The van der Waals surface area contributed by atoms with Crippen LogP contribution in [0.5, 0.6) is 0 Å². The first-order valence-corrected chi connectivity index (χ1v) is 9.87. The fourth-order valence-corrected chi connectivity index (χ4v) is 3.82. The second-order valence-electron chi connectivity index (χ2n) is 7.48. The van der Waals surface area contributed by atoms with E-state index in [4.69, 9.17) is 4.98 Å². The molecule has 1 aliphatic rings. The average Bonchev–Trinajstić information content (AvgIpc) is 3.32. The topological polar surface area (TPSA) is 95.1 Å². The van der Waals surface area contributed by atoms with Gasteiger partial charge in [0.2, 0.25) is 5.95 Å². The monoisotopic (exact) mass is 426 g/mol. The molecule has 0 aromatic carbocycles. The first kappa shape index (κ1) is 19.5. The van der Waals surface area contributed by atoms with Gasteiger partial charge >= 0.3 is 6.61 Å². The van der Waals surface area contributed by atoms with E-state index in [0.717, 1.165) is 33.7 Å². The van der Waals surface area contributed by atoms with Crippen LogP contribution in [-0.2, 0) is 11.8 Å². The molecule has 0 saturated heterocycles. The van der Waals surface area contributed by atoms with Gasteiger partial charge in [-0.2, -0.15) is 19.0 Å². The van der Waals surface area contributed by atoms with Crippen LogP contribution in [0.25, 0.3) is 22.3 Å². The summed E-state index contributed by atoms with van der Waals surface area (Å²) < 4.78 is 33.0. The minimum absolute atomic E-state index is 0.422. The van der Waals surface area contributed by atoms with Gasteiger partial charge in [0.25, 0.3) is 0 Å². The Hall–Kier alpha value is -3.47. The van der Waals surface area contributed by atoms with Crippen molar-refractivity contribution in [2.75, 3.05) is 5.32 Å². The van der Waals surface area contributed by atoms with Gasteiger partial charge in [0.1, 0.15) is 23.1 Å². The lowest BCUT2D eigenvalue weighted by molar-refractivity contribution is -0.163. The summed E-state index contributed by atoms with van der Waals surface area (Å²) in [6.07, 6.45) is 8.03. The van der Waals surface area contributed by atoms with Gasteiger partial charge in [0, 0.05) is 7.05 Å². The Balaban J connectivity index is 1.47. The fraction of sp³-hybridized carbons (Fsp3) is 0.350. The van der Waals surface area contributed by atoms with Crippen molar-refractivity contribution in [2.45, 2.75) is 38.9 Å². The van der Waals surface area contributed by atoms with Crippen molar-refractivity contribution in [1.82, 2.24) is 34.3 Å². The van der Waals surface area contributed by atoms with Gasteiger partial charge in [-0.3, -0.25) is 4.68 Å². The number of nitrogens with one attached hydrogen (secondary N) is 1. The molecule has 1 aliphatic carbocycles. The van der Waals surface area contributed by atoms with Crippen molar-refractivity contribution in [1.29, 1.82) is 0 Å². The summed E-state index contributed by atoms with van der Waals surface area (Å²) in [6, 6.07) is 1.92. The Morgan fingerprint density at radius 1 is 1.29 bits per heavy atom. The standard InChI is InChI=1S/C20H20F2N8O/c1-11-7-16-24-10-25-30(16)9-14(11)26-20-23-8-15-18(27-20)17(28-29(15)2)12-3-5-13(6-4-12)31-19(21)22/h3,7-10,13,19H,4-6H2,1-2H3,(H,23,26,27). The fourth-order valence-electron chi connectivity index (χ4n) is 3.82. The van der Waals surface area contributed by atoms with Gasteiger partial charge in [0.15, 0.2) is 5.65 Å². The molecule has 160 valence electrons. The van der Waals surface area contributed by atoms with Crippen LogP contribution in [0.4, 0.5) is 20.4 Å². The number of pyridine rings is 1. The van der Waals surface area contributed by atoms with Gasteiger partial charge in [-0.1, -0.05) is 6.08 Å². The summed E-state index contributed by atoms with van der Waals surface area (Å²) in [5.74, 6) is 0.430. The zero-order chi connectivity index (χ0) is 21.5. The average molecular weight is 426 g/mol. The zero-order valence-electron chi connectivity index (χ0n) is 17.0. The second kappa shape index (κ2) is 7.65. The summed E-state index contributed by atoms with van der Waals surface area (Å²) in [6.45, 7) is -0.785.